The van der Waals surface area contributed by atoms with Gasteiger partial charge < -0.3 is 9.84 Å². The van der Waals surface area contributed by atoms with E-state index in [1.165, 1.54) is 23.9 Å². The molecule has 1 aromatic heterocycles. The van der Waals surface area contributed by atoms with Crippen LogP contribution in [0.4, 0.5) is 0 Å². The second-order valence-corrected chi connectivity index (χ2v) is 6.40. The van der Waals surface area contributed by atoms with Crippen molar-refractivity contribution in [3.8, 4) is 5.75 Å². The largest absolute Gasteiger partial charge is 0.496 e. The number of hydrogen-bond donors (Lipinski definition) is 1. The molecule has 7 nitrogen and oxygen atoms in total. The molecule has 112 valence electrons. The molecule has 1 heterocycles. The second-order valence-electron chi connectivity index (χ2n) is 4.41. The highest BCUT2D eigenvalue weighted by molar-refractivity contribution is 7.90. The lowest BCUT2D eigenvalue weighted by Gasteiger charge is -2.08. The maximum absolute atomic E-state index is 12.3. The molecule has 1 N–H and O–H groups in total. The predicted molar refractivity (Wildman–Crippen MR) is 74.1 cm³/mol. The van der Waals surface area contributed by atoms with Crippen molar-refractivity contribution in [2.45, 2.75) is 10.6 Å². The average molecular weight is 310 g/mol. The molecule has 0 aliphatic heterocycles. The smallest absolute Gasteiger partial charge is 0.339 e. The molecule has 0 aliphatic rings. The number of sulfone groups is 1. The molecule has 2 rings (SSSR count). The fourth-order valence-electron chi connectivity index (χ4n) is 1.87. The number of carboxylic acid groups (broad SMARTS) is 1. The molecule has 0 saturated heterocycles. The molecule has 0 spiro atoms. The number of aromatic nitrogens is 2. The van der Waals surface area contributed by atoms with Gasteiger partial charge in [-0.25, -0.2) is 13.2 Å². The lowest BCUT2D eigenvalue weighted by Crippen LogP contribution is -2.08. The minimum atomic E-state index is -3.68. The predicted octanol–water partition coefficient (Wildman–Crippen LogP) is 1.10. The van der Waals surface area contributed by atoms with Crippen molar-refractivity contribution in [2.75, 3.05) is 7.11 Å². The molecule has 0 saturated carbocycles. The number of carboxylic acids is 1. The maximum Gasteiger partial charge on any atom is 0.339 e. The fraction of sp³-hybridized carbons (Fsp3) is 0.231. The van der Waals surface area contributed by atoms with Crippen LogP contribution < -0.4 is 4.74 Å². The molecule has 0 amide bonds. The molecule has 0 radical (unpaired) electrons. The third-order valence-corrected chi connectivity index (χ3v) is 4.52. The number of methoxy groups -OCH3 is 1. The molecule has 0 fully saturated rings. The molecule has 0 aliphatic carbocycles. The normalized spacial score (nSPS) is 11.3. The third-order valence-electron chi connectivity index (χ3n) is 2.87. The van der Waals surface area contributed by atoms with Gasteiger partial charge in [-0.1, -0.05) is 0 Å². The Morgan fingerprint density at radius 1 is 1.38 bits per heavy atom. The average Bonchev–Trinajstić information content (AvgIpc) is 2.82. The van der Waals surface area contributed by atoms with Gasteiger partial charge in [0.1, 0.15) is 11.3 Å². The van der Waals surface area contributed by atoms with Gasteiger partial charge in [-0.15, -0.1) is 0 Å². The molecular formula is C13H14N2O5S. The molecule has 1 aromatic carbocycles. The van der Waals surface area contributed by atoms with Crippen LogP contribution in [0.15, 0.2) is 35.4 Å². The zero-order chi connectivity index (χ0) is 15.6. The van der Waals surface area contributed by atoms with Crippen molar-refractivity contribution >= 4 is 15.8 Å². The highest BCUT2D eigenvalue weighted by Crippen LogP contribution is 2.24. The molecule has 8 heteroatoms. The van der Waals surface area contributed by atoms with Gasteiger partial charge in [-0.2, -0.15) is 5.10 Å². The summed E-state index contributed by atoms with van der Waals surface area (Å²) in [6, 6.07) is 5.34. The minimum absolute atomic E-state index is 0.0775. The Morgan fingerprint density at radius 2 is 2.10 bits per heavy atom. The molecular weight excluding hydrogens is 296 g/mol. The number of aryl methyl sites for hydroxylation is 1. The summed E-state index contributed by atoms with van der Waals surface area (Å²) >= 11 is 0. The van der Waals surface area contributed by atoms with E-state index >= 15 is 0 Å². The maximum atomic E-state index is 12.3. The van der Waals surface area contributed by atoms with Crippen molar-refractivity contribution < 1.29 is 23.1 Å². The summed E-state index contributed by atoms with van der Waals surface area (Å²) in [6.07, 6.45) is 1.64. The summed E-state index contributed by atoms with van der Waals surface area (Å²) in [6.45, 7) is 0. The summed E-state index contributed by atoms with van der Waals surface area (Å²) < 4.78 is 31.0. The van der Waals surface area contributed by atoms with Crippen LogP contribution in [0.25, 0.3) is 0 Å². The first-order chi connectivity index (χ1) is 9.83. The minimum Gasteiger partial charge on any atom is -0.496 e. The van der Waals surface area contributed by atoms with Gasteiger partial charge >= 0.3 is 5.97 Å². The van der Waals surface area contributed by atoms with Crippen molar-refractivity contribution in [2.24, 2.45) is 7.05 Å². The van der Waals surface area contributed by atoms with Gasteiger partial charge in [0, 0.05) is 13.2 Å². The number of ether oxygens (including phenoxy) is 1. The standard InChI is InChI=1S/C13H14N2O5S/c1-15-6-5-9(14-15)8-21(18,19)10-3-4-12(20-2)11(7-10)13(16)17/h3-7H,8H2,1-2H3,(H,16,17). The Hall–Kier alpha value is -2.35. The van der Waals surface area contributed by atoms with Crippen LogP contribution in [0.5, 0.6) is 5.75 Å². The third kappa shape index (κ3) is 3.22. The van der Waals surface area contributed by atoms with Crippen molar-refractivity contribution in [1.29, 1.82) is 0 Å². The lowest BCUT2D eigenvalue weighted by molar-refractivity contribution is 0.0693. The highest BCUT2D eigenvalue weighted by Gasteiger charge is 2.21. The zero-order valence-corrected chi connectivity index (χ0v) is 12.3. The summed E-state index contributed by atoms with van der Waals surface area (Å²) in [4.78, 5) is 11.1. The Morgan fingerprint density at radius 3 is 2.62 bits per heavy atom. The van der Waals surface area contributed by atoms with Crippen LogP contribution in [0.1, 0.15) is 16.1 Å². The van der Waals surface area contributed by atoms with Crippen LogP contribution >= 0.6 is 0 Å². The van der Waals surface area contributed by atoms with E-state index in [9.17, 15) is 13.2 Å². The number of nitrogens with zero attached hydrogens (tertiary/aromatic N) is 2. The number of hydrogen-bond acceptors (Lipinski definition) is 5. The Labute approximate surface area is 121 Å². The van der Waals surface area contributed by atoms with Gasteiger partial charge in [-0.3, -0.25) is 4.68 Å². The monoisotopic (exact) mass is 310 g/mol. The van der Waals surface area contributed by atoms with E-state index in [-0.39, 0.29) is 22.0 Å². The van der Waals surface area contributed by atoms with Crippen LogP contribution in [0.3, 0.4) is 0 Å². The van der Waals surface area contributed by atoms with Gasteiger partial charge in [0.2, 0.25) is 0 Å². The Kier molecular flexibility index (Phi) is 3.99. The molecule has 0 atom stereocenters. The van der Waals surface area contributed by atoms with Crippen LogP contribution in [0, 0.1) is 0 Å². The first-order valence-electron chi connectivity index (χ1n) is 5.96. The SMILES string of the molecule is COc1ccc(S(=O)(=O)Cc2ccn(C)n2)cc1C(=O)O. The number of rotatable bonds is 5. The summed E-state index contributed by atoms with van der Waals surface area (Å²) in [5, 5.41) is 13.1. The first-order valence-corrected chi connectivity index (χ1v) is 7.61. The van der Waals surface area contributed by atoms with Gasteiger partial charge in [0.25, 0.3) is 0 Å². The number of carbonyl (C=O) groups is 1. The van der Waals surface area contributed by atoms with Crippen LogP contribution in [0.2, 0.25) is 0 Å². The molecule has 2 aromatic rings. The Balaban J connectivity index is 2.40. The van der Waals surface area contributed by atoms with Crippen molar-refractivity contribution in [3.63, 3.8) is 0 Å². The quantitative estimate of drug-likeness (QED) is 0.888. The van der Waals surface area contributed by atoms with Crippen LogP contribution in [-0.4, -0.2) is 36.4 Å². The summed E-state index contributed by atoms with van der Waals surface area (Å²) in [5.74, 6) is -1.43. The van der Waals surface area contributed by atoms with Crippen molar-refractivity contribution in [3.05, 3.63) is 41.7 Å². The van der Waals surface area contributed by atoms with Gasteiger partial charge in [0.05, 0.1) is 23.5 Å². The van der Waals surface area contributed by atoms with E-state index in [2.05, 4.69) is 5.10 Å². The second kappa shape index (κ2) is 5.57. The molecule has 0 unspecified atom stereocenters. The summed E-state index contributed by atoms with van der Waals surface area (Å²) in [5.41, 5.74) is 0.199. The number of aromatic carboxylic acids is 1. The van der Waals surface area contributed by atoms with Gasteiger partial charge in [0.15, 0.2) is 9.84 Å². The first kappa shape index (κ1) is 15.0. The van der Waals surface area contributed by atoms with Crippen molar-refractivity contribution in [1.82, 2.24) is 9.78 Å². The van der Waals surface area contributed by atoms with E-state index in [1.54, 1.807) is 19.3 Å². The molecule has 0 bridgehead atoms. The van der Waals surface area contributed by atoms with E-state index in [0.717, 1.165) is 6.07 Å². The lowest BCUT2D eigenvalue weighted by atomic mass is 10.2. The fourth-order valence-corrected chi connectivity index (χ4v) is 3.15. The highest BCUT2D eigenvalue weighted by atomic mass is 32.2. The van der Waals surface area contributed by atoms with Gasteiger partial charge in [-0.05, 0) is 24.3 Å². The van der Waals surface area contributed by atoms with E-state index < -0.39 is 15.8 Å². The zero-order valence-electron chi connectivity index (χ0n) is 11.5. The number of benzene rings is 1. The Bertz CT molecular complexity index is 780. The van der Waals surface area contributed by atoms with E-state index in [0.29, 0.717) is 5.69 Å². The summed E-state index contributed by atoms with van der Waals surface area (Å²) in [7, 11) is -0.666. The van der Waals surface area contributed by atoms with E-state index in [1.807, 2.05) is 0 Å². The topological polar surface area (TPSA) is 98.5 Å². The van der Waals surface area contributed by atoms with Crippen LogP contribution in [-0.2, 0) is 22.6 Å². The molecule has 21 heavy (non-hydrogen) atoms. The van der Waals surface area contributed by atoms with E-state index in [4.69, 9.17) is 9.84 Å².